The highest BCUT2D eigenvalue weighted by molar-refractivity contribution is 5.72. The molecule has 1 aromatic rings. The van der Waals surface area contributed by atoms with Gasteiger partial charge < -0.3 is 9.84 Å². The number of hydrogen-bond acceptors (Lipinski definition) is 2. The number of carbonyl (C=O) groups is 1. The van der Waals surface area contributed by atoms with Gasteiger partial charge in [-0.15, -0.1) is 0 Å². The van der Waals surface area contributed by atoms with Crippen LogP contribution in [-0.2, 0) is 11.2 Å². The molecule has 0 bridgehead atoms. The third-order valence-corrected chi connectivity index (χ3v) is 5.47. The van der Waals surface area contributed by atoms with Crippen LogP contribution in [0.4, 0.5) is 0 Å². The Kier molecular flexibility index (Phi) is 4.93. The fraction of sp³-hybridized carbons (Fsp3) is 0.650. The summed E-state index contributed by atoms with van der Waals surface area (Å²) in [7, 11) is 0. The summed E-state index contributed by atoms with van der Waals surface area (Å²) in [6, 6.07) is 6.25. The van der Waals surface area contributed by atoms with Crippen LogP contribution in [0.15, 0.2) is 18.2 Å². The van der Waals surface area contributed by atoms with Crippen molar-refractivity contribution in [3.63, 3.8) is 0 Å². The van der Waals surface area contributed by atoms with Gasteiger partial charge in [0.1, 0.15) is 5.75 Å². The maximum Gasteiger partial charge on any atom is 0.344 e. The summed E-state index contributed by atoms with van der Waals surface area (Å²) in [4.78, 5) is 11.4. The highest BCUT2D eigenvalue weighted by Crippen LogP contribution is 2.47. The average molecular weight is 316 g/mol. The fourth-order valence-corrected chi connectivity index (χ4v) is 4.22. The summed E-state index contributed by atoms with van der Waals surface area (Å²) >= 11 is 0. The number of carboxylic acids is 1. The summed E-state index contributed by atoms with van der Waals surface area (Å²) < 4.78 is 5.81. The first-order valence-corrected chi connectivity index (χ1v) is 9.07. The van der Waals surface area contributed by atoms with Crippen LogP contribution in [-0.4, -0.2) is 17.2 Å². The topological polar surface area (TPSA) is 46.5 Å². The third kappa shape index (κ3) is 3.70. The molecule has 126 valence electrons. The number of hydrogen-bond donors (Lipinski definition) is 1. The summed E-state index contributed by atoms with van der Waals surface area (Å²) in [6.07, 6.45) is 7.18. The van der Waals surface area contributed by atoms with Gasteiger partial charge in [-0.1, -0.05) is 32.8 Å². The van der Waals surface area contributed by atoms with Gasteiger partial charge in [0.25, 0.3) is 0 Å². The van der Waals surface area contributed by atoms with Crippen LogP contribution in [0.3, 0.4) is 0 Å². The van der Waals surface area contributed by atoms with E-state index in [1.54, 1.807) is 0 Å². The van der Waals surface area contributed by atoms with E-state index >= 15 is 0 Å². The van der Waals surface area contributed by atoms with E-state index in [0.717, 1.165) is 30.4 Å². The van der Waals surface area contributed by atoms with Gasteiger partial charge in [0.05, 0.1) is 0 Å². The molecule has 0 aliphatic heterocycles. The summed E-state index contributed by atoms with van der Waals surface area (Å²) in [5.41, 5.74) is 2.86. The number of aliphatic carboxylic acids is 1. The Bertz CT molecular complexity index is 564. The van der Waals surface area contributed by atoms with Gasteiger partial charge in [-0.25, -0.2) is 4.79 Å². The molecule has 1 N–H and O–H groups in total. The normalized spacial score (nSPS) is 24.1. The van der Waals surface area contributed by atoms with E-state index in [-0.39, 0.29) is 0 Å². The van der Waals surface area contributed by atoms with E-state index in [9.17, 15) is 9.90 Å². The maximum atomic E-state index is 11.4. The monoisotopic (exact) mass is 316 g/mol. The molecule has 0 aromatic heterocycles. The van der Waals surface area contributed by atoms with Gasteiger partial charge in [0.2, 0.25) is 0 Å². The molecule has 3 unspecified atom stereocenters. The van der Waals surface area contributed by atoms with E-state index in [2.05, 4.69) is 26.0 Å². The van der Waals surface area contributed by atoms with Crippen LogP contribution < -0.4 is 4.74 Å². The number of benzene rings is 1. The first kappa shape index (κ1) is 16.4. The minimum absolute atomic E-state index is 0.489. The van der Waals surface area contributed by atoms with Gasteiger partial charge in [-0.05, 0) is 73.1 Å². The molecule has 0 amide bonds. The molecule has 1 saturated carbocycles. The lowest BCUT2D eigenvalue weighted by Gasteiger charge is -2.25. The van der Waals surface area contributed by atoms with Crippen LogP contribution in [0.5, 0.6) is 5.75 Å². The molecule has 3 heteroatoms. The van der Waals surface area contributed by atoms with Crippen molar-refractivity contribution in [3.05, 3.63) is 29.3 Å². The van der Waals surface area contributed by atoms with Crippen molar-refractivity contribution in [1.29, 1.82) is 0 Å². The molecule has 1 aromatic carbocycles. The Labute approximate surface area is 139 Å². The lowest BCUT2D eigenvalue weighted by Crippen LogP contribution is -2.27. The molecule has 0 spiro atoms. The Balaban J connectivity index is 1.70. The standard InChI is InChI=1S/C20H28O3/c1-13(2)7-10-19(20(21)22)23-16-8-9-18-15(12-16)11-14-5-3-4-6-17(14)18/h8-9,12-14,17,19H,3-7,10-11H2,1-2H3,(H,21,22). The van der Waals surface area contributed by atoms with Crippen molar-refractivity contribution >= 4 is 5.97 Å². The predicted molar refractivity (Wildman–Crippen MR) is 91.0 cm³/mol. The maximum absolute atomic E-state index is 11.4. The van der Waals surface area contributed by atoms with E-state index < -0.39 is 12.1 Å². The first-order valence-electron chi connectivity index (χ1n) is 9.07. The van der Waals surface area contributed by atoms with Crippen molar-refractivity contribution in [2.24, 2.45) is 11.8 Å². The largest absolute Gasteiger partial charge is 0.479 e. The van der Waals surface area contributed by atoms with E-state index in [0.29, 0.717) is 12.3 Å². The van der Waals surface area contributed by atoms with Crippen molar-refractivity contribution in [2.45, 2.75) is 70.8 Å². The number of ether oxygens (including phenoxy) is 1. The zero-order valence-electron chi connectivity index (χ0n) is 14.3. The minimum atomic E-state index is -0.861. The molecule has 3 nitrogen and oxygen atoms in total. The Morgan fingerprint density at radius 2 is 2.04 bits per heavy atom. The van der Waals surface area contributed by atoms with E-state index in [1.165, 1.54) is 36.8 Å². The van der Waals surface area contributed by atoms with Crippen molar-refractivity contribution in [1.82, 2.24) is 0 Å². The molecule has 2 aliphatic carbocycles. The van der Waals surface area contributed by atoms with Gasteiger partial charge in [-0.2, -0.15) is 0 Å². The number of carboxylic acid groups (broad SMARTS) is 1. The van der Waals surface area contributed by atoms with Crippen LogP contribution in [0.25, 0.3) is 0 Å². The quantitative estimate of drug-likeness (QED) is 0.821. The molecule has 0 radical (unpaired) electrons. The summed E-state index contributed by atoms with van der Waals surface area (Å²) in [5.74, 6) is 1.87. The molecule has 1 fully saturated rings. The van der Waals surface area contributed by atoms with Crippen molar-refractivity contribution in [2.75, 3.05) is 0 Å². The van der Waals surface area contributed by atoms with Gasteiger partial charge in [0, 0.05) is 0 Å². The second-order valence-electron chi connectivity index (χ2n) is 7.63. The lowest BCUT2D eigenvalue weighted by molar-refractivity contribution is -0.145. The lowest BCUT2D eigenvalue weighted by atomic mass is 9.80. The Hall–Kier alpha value is -1.51. The zero-order valence-corrected chi connectivity index (χ0v) is 14.3. The summed E-state index contributed by atoms with van der Waals surface area (Å²) in [5, 5.41) is 9.38. The van der Waals surface area contributed by atoms with Crippen LogP contribution in [0.2, 0.25) is 0 Å². The number of fused-ring (bicyclic) bond motifs is 3. The molecule has 3 atom stereocenters. The van der Waals surface area contributed by atoms with E-state index in [1.807, 2.05) is 6.07 Å². The Morgan fingerprint density at radius 3 is 2.78 bits per heavy atom. The molecule has 0 heterocycles. The molecule has 0 saturated heterocycles. The number of rotatable bonds is 6. The van der Waals surface area contributed by atoms with Crippen LogP contribution in [0, 0.1) is 11.8 Å². The SMILES string of the molecule is CC(C)CCC(Oc1ccc2c(c1)CC1CCCCC21)C(=O)O. The molecule has 2 aliphatic rings. The third-order valence-electron chi connectivity index (χ3n) is 5.47. The van der Waals surface area contributed by atoms with Gasteiger partial charge in [-0.3, -0.25) is 0 Å². The van der Waals surface area contributed by atoms with Gasteiger partial charge in [0.15, 0.2) is 6.10 Å². The fourth-order valence-electron chi connectivity index (χ4n) is 4.22. The zero-order chi connectivity index (χ0) is 16.4. The highest BCUT2D eigenvalue weighted by atomic mass is 16.5. The predicted octanol–water partition coefficient (Wildman–Crippen LogP) is 4.78. The minimum Gasteiger partial charge on any atom is -0.479 e. The average Bonchev–Trinajstić information content (AvgIpc) is 2.88. The van der Waals surface area contributed by atoms with Gasteiger partial charge >= 0.3 is 5.97 Å². The second-order valence-corrected chi connectivity index (χ2v) is 7.63. The molecular weight excluding hydrogens is 288 g/mol. The highest BCUT2D eigenvalue weighted by Gasteiger charge is 2.34. The van der Waals surface area contributed by atoms with E-state index in [4.69, 9.17) is 4.74 Å². The van der Waals surface area contributed by atoms with Crippen molar-refractivity contribution < 1.29 is 14.6 Å². The first-order chi connectivity index (χ1) is 11.0. The van der Waals surface area contributed by atoms with Crippen LogP contribution in [0.1, 0.15) is 69.4 Å². The molecule has 3 rings (SSSR count). The smallest absolute Gasteiger partial charge is 0.344 e. The second kappa shape index (κ2) is 6.94. The van der Waals surface area contributed by atoms with Crippen LogP contribution >= 0.6 is 0 Å². The molecule has 23 heavy (non-hydrogen) atoms. The summed E-state index contributed by atoms with van der Waals surface area (Å²) in [6.45, 7) is 4.21. The van der Waals surface area contributed by atoms with Crippen molar-refractivity contribution in [3.8, 4) is 5.75 Å². The Morgan fingerprint density at radius 1 is 1.26 bits per heavy atom. The molecular formula is C20H28O3.